The molecule has 26 heavy (non-hydrogen) atoms. The average molecular weight is 425 g/mol. The summed E-state index contributed by atoms with van der Waals surface area (Å²) in [7, 11) is 7.44. The number of ketones is 2. The fourth-order valence-electron chi connectivity index (χ4n) is 2.31. The summed E-state index contributed by atoms with van der Waals surface area (Å²) in [5.74, 6) is 0.558. The molecule has 1 aliphatic carbocycles. The van der Waals surface area contributed by atoms with Gasteiger partial charge >= 0.3 is 0 Å². The molecule has 0 aliphatic heterocycles. The zero-order valence-electron chi connectivity index (χ0n) is 15.1. The zero-order valence-corrected chi connectivity index (χ0v) is 18.3. The van der Waals surface area contributed by atoms with Crippen LogP contribution >= 0.6 is 48.0 Å². The number of Topliss-reactive ketones (excluding diaryl/α,β-unsaturated/α-hetero) is 2. The first-order chi connectivity index (χ1) is 12.2. The first-order valence-corrected chi connectivity index (χ1v) is 10.6. The Bertz CT molecular complexity index is 735. The van der Waals surface area contributed by atoms with E-state index in [9.17, 15) is 9.59 Å². The molecule has 0 unspecified atom stereocenters. The largest absolute Gasteiger partial charge is 0.364 e. The number of hydrogen-bond acceptors (Lipinski definition) is 6. The number of carbonyl (C=O) groups excluding carboxylic acids is 2. The second-order valence-electron chi connectivity index (χ2n) is 6.06. The SMILES string of the molecule is CN(C)C(=S)SCC1=C(CSC(=S)N(C)C)C(=O)c2ccccc2C1=O. The van der Waals surface area contributed by atoms with Crippen molar-refractivity contribution >= 4 is 68.2 Å². The topological polar surface area (TPSA) is 40.6 Å². The normalized spacial score (nSPS) is 13.5. The van der Waals surface area contributed by atoms with Gasteiger partial charge in [0.15, 0.2) is 11.6 Å². The molecule has 0 amide bonds. The van der Waals surface area contributed by atoms with Crippen LogP contribution in [0.1, 0.15) is 20.7 Å². The number of thiocarbonyl (C=S) groups is 2. The highest BCUT2D eigenvalue weighted by atomic mass is 32.2. The minimum Gasteiger partial charge on any atom is -0.364 e. The molecule has 1 aliphatic rings. The van der Waals surface area contributed by atoms with E-state index in [2.05, 4.69) is 0 Å². The monoisotopic (exact) mass is 424 g/mol. The van der Waals surface area contributed by atoms with E-state index >= 15 is 0 Å². The van der Waals surface area contributed by atoms with Crippen molar-refractivity contribution in [2.75, 3.05) is 39.7 Å². The van der Waals surface area contributed by atoms with E-state index in [0.717, 1.165) is 0 Å². The maximum Gasteiger partial charge on any atom is 0.191 e. The Morgan fingerprint density at radius 3 is 1.46 bits per heavy atom. The lowest BCUT2D eigenvalue weighted by atomic mass is 9.85. The third kappa shape index (κ3) is 4.73. The standard InChI is InChI=1S/C18H20N2O2S4/c1-19(2)17(23)25-9-13-14(10-26-18(24)20(3)4)16(22)12-8-6-5-7-11(12)15(13)21/h5-8H,9-10H2,1-4H3. The first kappa shape index (κ1) is 21.1. The molecular formula is C18H20N2O2S4. The predicted molar refractivity (Wildman–Crippen MR) is 120 cm³/mol. The lowest BCUT2D eigenvalue weighted by molar-refractivity contribution is 0.0976. The number of carbonyl (C=O) groups is 2. The van der Waals surface area contributed by atoms with E-state index in [1.165, 1.54) is 23.5 Å². The van der Waals surface area contributed by atoms with E-state index in [1.807, 2.05) is 38.0 Å². The smallest absolute Gasteiger partial charge is 0.191 e. The number of hydrogen-bond donors (Lipinski definition) is 0. The number of rotatable bonds is 4. The lowest BCUT2D eigenvalue weighted by Crippen LogP contribution is -2.26. The molecule has 138 valence electrons. The van der Waals surface area contributed by atoms with Gasteiger partial charge in [-0.05, 0) is 0 Å². The predicted octanol–water partition coefficient (Wildman–Crippen LogP) is 3.52. The number of thioether (sulfide) groups is 2. The minimum atomic E-state index is -0.0966. The molecule has 4 nitrogen and oxygen atoms in total. The fourth-order valence-corrected chi connectivity index (χ4v) is 4.33. The van der Waals surface area contributed by atoms with Crippen LogP contribution in [-0.4, -0.2) is 69.7 Å². The number of benzene rings is 1. The Labute approximate surface area is 173 Å². The molecule has 1 aromatic rings. The van der Waals surface area contributed by atoms with Gasteiger partial charge in [0.05, 0.1) is 0 Å². The Kier molecular flexibility index (Phi) is 7.40. The van der Waals surface area contributed by atoms with Crippen LogP contribution in [0.3, 0.4) is 0 Å². The van der Waals surface area contributed by atoms with Crippen LogP contribution in [0.25, 0.3) is 0 Å². The van der Waals surface area contributed by atoms with Gasteiger partial charge in [0.1, 0.15) is 8.64 Å². The molecule has 1 aromatic carbocycles. The van der Waals surface area contributed by atoms with Crippen LogP contribution in [0.2, 0.25) is 0 Å². The lowest BCUT2D eigenvalue weighted by Gasteiger charge is -2.22. The van der Waals surface area contributed by atoms with Gasteiger partial charge < -0.3 is 9.80 Å². The molecule has 0 N–H and O–H groups in total. The van der Waals surface area contributed by atoms with E-state index in [0.29, 0.717) is 42.4 Å². The highest BCUT2D eigenvalue weighted by molar-refractivity contribution is 8.23. The van der Waals surface area contributed by atoms with Gasteiger partial charge in [-0.25, -0.2) is 0 Å². The average Bonchev–Trinajstić information content (AvgIpc) is 2.61. The molecule has 0 fully saturated rings. The van der Waals surface area contributed by atoms with Gasteiger partial charge in [-0.15, -0.1) is 0 Å². The van der Waals surface area contributed by atoms with E-state index in [1.54, 1.807) is 24.3 Å². The van der Waals surface area contributed by atoms with E-state index in [4.69, 9.17) is 24.4 Å². The summed E-state index contributed by atoms with van der Waals surface area (Å²) in [4.78, 5) is 29.6. The first-order valence-electron chi connectivity index (χ1n) is 7.82. The summed E-state index contributed by atoms with van der Waals surface area (Å²) in [6.45, 7) is 0. The highest BCUT2D eigenvalue weighted by Crippen LogP contribution is 2.31. The van der Waals surface area contributed by atoms with Gasteiger partial charge in [0.25, 0.3) is 0 Å². The van der Waals surface area contributed by atoms with Crippen molar-refractivity contribution in [3.8, 4) is 0 Å². The maximum atomic E-state index is 13.0. The molecule has 0 saturated carbocycles. The van der Waals surface area contributed by atoms with Gasteiger partial charge in [-0.2, -0.15) is 0 Å². The minimum absolute atomic E-state index is 0.0966. The molecule has 0 radical (unpaired) electrons. The molecule has 0 spiro atoms. The van der Waals surface area contributed by atoms with Crippen LogP contribution < -0.4 is 0 Å². The highest BCUT2D eigenvalue weighted by Gasteiger charge is 2.32. The summed E-state index contributed by atoms with van der Waals surface area (Å²) in [5.41, 5.74) is 1.98. The Morgan fingerprint density at radius 1 is 0.808 bits per heavy atom. The summed E-state index contributed by atoms with van der Waals surface area (Å²) >= 11 is 13.4. The van der Waals surface area contributed by atoms with Crippen LogP contribution in [0, 0.1) is 0 Å². The van der Waals surface area contributed by atoms with Crippen LogP contribution in [0.5, 0.6) is 0 Å². The van der Waals surface area contributed by atoms with Crippen molar-refractivity contribution < 1.29 is 9.59 Å². The summed E-state index contributed by atoms with van der Waals surface area (Å²) in [6.07, 6.45) is 0. The molecule has 0 aromatic heterocycles. The van der Waals surface area contributed by atoms with E-state index in [-0.39, 0.29) is 11.6 Å². The van der Waals surface area contributed by atoms with Gasteiger partial charge in [-0.3, -0.25) is 9.59 Å². The zero-order chi connectivity index (χ0) is 19.4. The van der Waals surface area contributed by atoms with Gasteiger partial charge in [0, 0.05) is 62.0 Å². The second-order valence-corrected chi connectivity index (χ2v) is 9.28. The van der Waals surface area contributed by atoms with Crippen molar-refractivity contribution in [1.29, 1.82) is 0 Å². The second kappa shape index (κ2) is 9.12. The molecule has 2 rings (SSSR count). The van der Waals surface area contributed by atoms with Crippen LogP contribution in [0.15, 0.2) is 35.4 Å². The summed E-state index contributed by atoms with van der Waals surface area (Å²) in [6, 6.07) is 6.97. The maximum absolute atomic E-state index is 13.0. The molecule has 0 saturated heterocycles. The van der Waals surface area contributed by atoms with Gasteiger partial charge in [-0.1, -0.05) is 72.2 Å². The Morgan fingerprint density at radius 2 is 1.15 bits per heavy atom. The third-order valence-corrected chi connectivity index (χ3v) is 7.27. The van der Waals surface area contributed by atoms with Crippen molar-refractivity contribution in [2.45, 2.75) is 0 Å². The van der Waals surface area contributed by atoms with E-state index < -0.39 is 0 Å². The van der Waals surface area contributed by atoms with Crippen molar-refractivity contribution in [1.82, 2.24) is 9.80 Å². The molecule has 0 bridgehead atoms. The number of nitrogens with zero attached hydrogens (tertiary/aromatic N) is 2. The molecular weight excluding hydrogens is 404 g/mol. The van der Waals surface area contributed by atoms with Crippen molar-refractivity contribution in [2.24, 2.45) is 0 Å². The molecule has 8 heteroatoms. The third-order valence-electron chi connectivity index (χ3n) is 3.74. The van der Waals surface area contributed by atoms with Crippen molar-refractivity contribution in [3.05, 3.63) is 46.5 Å². The Hall–Kier alpha value is -1.22. The quantitative estimate of drug-likeness (QED) is 0.680. The van der Waals surface area contributed by atoms with Crippen LogP contribution in [-0.2, 0) is 0 Å². The summed E-state index contributed by atoms with van der Waals surface area (Å²) in [5, 5.41) is 0. The molecule has 0 atom stereocenters. The van der Waals surface area contributed by atoms with Crippen molar-refractivity contribution in [3.63, 3.8) is 0 Å². The Balaban J connectivity index is 2.36. The molecule has 0 heterocycles. The van der Waals surface area contributed by atoms with Gasteiger partial charge in [0.2, 0.25) is 0 Å². The van der Waals surface area contributed by atoms with Crippen LogP contribution in [0.4, 0.5) is 0 Å². The number of fused-ring (bicyclic) bond motifs is 1. The summed E-state index contributed by atoms with van der Waals surface area (Å²) < 4.78 is 1.35. The fraction of sp³-hybridized carbons (Fsp3) is 0.333.